The molecular weight excluding hydrogens is 468 g/mol. The molecule has 180 valence electrons. The summed E-state index contributed by atoms with van der Waals surface area (Å²) in [6, 6.07) is 30.2. The van der Waals surface area contributed by atoms with Gasteiger partial charge in [0.1, 0.15) is 18.2 Å². The van der Waals surface area contributed by atoms with E-state index in [9.17, 15) is 5.26 Å². The Morgan fingerprint density at radius 3 is 2.24 bits per heavy atom. The highest BCUT2D eigenvalue weighted by molar-refractivity contribution is 6.89. The van der Waals surface area contributed by atoms with Gasteiger partial charge in [0, 0.05) is 28.5 Å². The number of benzene rings is 4. The molecule has 0 aliphatic heterocycles. The van der Waals surface area contributed by atoms with Gasteiger partial charge in [-0.2, -0.15) is 5.26 Å². The van der Waals surface area contributed by atoms with Crippen LogP contribution in [0.25, 0.3) is 55.1 Å². The molecule has 0 amide bonds. The first-order valence-electron chi connectivity index (χ1n) is 12.7. The average Bonchev–Trinajstić information content (AvgIpc) is 3.25. The maximum Gasteiger partial charge on any atom is 0.216 e. The number of hydrogen-bond acceptors (Lipinski definition) is 2. The Bertz CT molecular complexity index is 1900. The number of nitrogens with zero attached hydrogens (tertiary/aromatic N) is 2. The summed E-state index contributed by atoms with van der Waals surface area (Å²) in [5.74, 6) is 0. The Morgan fingerprint density at radius 1 is 0.784 bits per heavy atom. The highest BCUT2D eigenvalue weighted by Gasteiger charge is 2.29. The van der Waals surface area contributed by atoms with Crippen LogP contribution in [0, 0.1) is 18.3 Å². The largest absolute Gasteiger partial charge is 0.454 e. The number of fused-ring (bicyclic) bond motifs is 4. The first kappa shape index (κ1) is 23.2. The molecule has 6 aromatic rings. The zero-order chi connectivity index (χ0) is 25.9. The monoisotopic (exact) mass is 497 g/mol. The highest BCUT2D eigenvalue weighted by atomic mass is 28.3. The van der Waals surface area contributed by atoms with Gasteiger partial charge in [-0.15, -0.1) is 0 Å². The minimum Gasteiger partial charge on any atom is -0.454 e. The van der Waals surface area contributed by atoms with Gasteiger partial charge in [-0.1, -0.05) is 68.2 Å². The van der Waals surface area contributed by atoms with E-state index in [1.54, 1.807) is 0 Å². The Labute approximate surface area is 218 Å². The summed E-state index contributed by atoms with van der Waals surface area (Å²) in [7, 11) is 0.203. The lowest BCUT2D eigenvalue weighted by Crippen LogP contribution is -2.40. The van der Waals surface area contributed by atoms with Crippen LogP contribution in [0.1, 0.15) is 11.1 Å². The van der Waals surface area contributed by atoms with Crippen molar-refractivity contribution in [1.29, 1.82) is 5.26 Å². The van der Waals surface area contributed by atoms with Crippen LogP contribution >= 0.6 is 0 Å². The van der Waals surface area contributed by atoms with E-state index in [1.807, 2.05) is 6.07 Å². The molecule has 0 N–H and O–H groups in total. The van der Waals surface area contributed by atoms with E-state index in [4.69, 9.17) is 4.42 Å². The lowest BCUT2D eigenvalue weighted by Gasteiger charge is -2.21. The molecule has 6 rings (SSSR count). The van der Waals surface area contributed by atoms with E-state index < -0.39 is 8.07 Å². The van der Waals surface area contributed by atoms with Crippen LogP contribution in [0.4, 0.5) is 0 Å². The minimum atomic E-state index is -1.86. The van der Waals surface area contributed by atoms with Crippen LogP contribution in [-0.2, 0) is 7.05 Å². The molecule has 0 radical (unpaired) electrons. The maximum absolute atomic E-state index is 10.5. The number of aryl methyl sites for hydroxylation is 2. The molecule has 0 bridgehead atoms. The van der Waals surface area contributed by atoms with Crippen LogP contribution < -0.4 is 9.75 Å². The predicted molar refractivity (Wildman–Crippen MR) is 156 cm³/mol. The number of hydrogen-bond donors (Lipinski definition) is 0. The molecule has 4 aromatic carbocycles. The highest BCUT2D eigenvalue weighted by Crippen LogP contribution is 2.42. The van der Waals surface area contributed by atoms with Gasteiger partial charge in [-0.25, -0.2) is 4.57 Å². The molecule has 0 fully saturated rings. The van der Waals surface area contributed by atoms with E-state index in [-0.39, 0.29) is 0 Å². The fourth-order valence-corrected chi connectivity index (χ4v) is 7.01. The van der Waals surface area contributed by atoms with E-state index in [0.717, 1.165) is 60.8 Å². The summed E-state index contributed by atoms with van der Waals surface area (Å²) in [5.41, 5.74) is 7.67. The van der Waals surface area contributed by atoms with Crippen LogP contribution in [0.5, 0.6) is 0 Å². The van der Waals surface area contributed by atoms with Gasteiger partial charge in [-0.3, -0.25) is 0 Å². The van der Waals surface area contributed by atoms with Gasteiger partial charge in [0.05, 0.1) is 25.3 Å². The number of rotatable bonds is 3. The van der Waals surface area contributed by atoms with E-state index in [2.05, 4.69) is 123 Å². The molecule has 2 aromatic heterocycles. The Morgan fingerprint density at radius 2 is 1.51 bits per heavy atom. The second-order valence-corrected chi connectivity index (χ2v) is 15.9. The molecule has 2 heterocycles. The van der Waals surface area contributed by atoms with Crippen molar-refractivity contribution in [3.8, 4) is 28.5 Å². The minimum absolute atomic E-state index is 0.740. The van der Waals surface area contributed by atoms with Crippen molar-refractivity contribution < 1.29 is 8.98 Å². The molecule has 0 spiro atoms. The van der Waals surface area contributed by atoms with Crippen molar-refractivity contribution in [3.63, 3.8) is 0 Å². The number of nitriles is 1. The molecule has 0 saturated heterocycles. The summed E-state index contributed by atoms with van der Waals surface area (Å²) < 4.78 is 8.96. The Kier molecular flexibility index (Phi) is 5.29. The van der Waals surface area contributed by atoms with Crippen LogP contribution in [0.15, 0.2) is 89.5 Å². The lowest BCUT2D eigenvalue weighted by atomic mass is 9.94. The molecule has 0 aliphatic carbocycles. The number of furan rings is 1. The lowest BCUT2D eigenvalue weighted by molar-refractivity contribution is -0.660. The standard InChI is InChI=1S/C33H29N2OSi/c1-21-13-16-25-26-19-29(37(3,4)5)27(20-34)31(24-15-14-22-10-6-7-11-23(22)18-24)33(26)36-32(25)30(21)28-12-8-9-17-35(28)2/h6-19H,1-5H3/q+1. The van der Waals surface area contributed by atoms with Gasteiger partial charge in [0.25, 0.3) is 0 Å². The Hall–Kier alpha value is -4.20. The zero-order valence-corrected chi connectivity index (χ0v) is 22.9. The Balaban J connectivity index is 1.80. The fraction of sp³-hybridized carbons (Fsp3) is 0.152. The second-order valence-electron chi connectivity index (χ2n) is 10.9. The third kappa shape index (κ3) is 3.66. The van der Waals surface area contributed by atoms with Gasteiger partial charge in [-0.05, 0) is 52.2 Å². The van der Waals surface area contributed by atoms with Crippen LogP contribution in [-0.4, -0.2) is 8.07 Å². The molecule has 0 saturated carbocycles. The first-order valence-corrected chi connectivity index (χ1v) is 16.2. The first-order chi connectivity index (χ1) is 17.8. The number of pyridine rings is 1. The van der Waals surface area contributed by atoms with Crippen LogP contribution in [0.3, 0.4) is 0 Å². The number of aromatic nitrogens is 1. The van der Waals surface area contributed by atoms with Crippen molar-refractivity contribution in [2.45, 2.75) is 26.6 Å². The summed E-state index contributed by atoms with van der Waals surface area (Å²) in [6.07, 6.45) is 2.06. The average molecular weight is 498 g/mol. The summed E-state index contributed by atoms with van der Waals surface area (Å²) in [4.78, 5) is 0. The van der Waals surface area contributed by atoms with Crippen molar-refractivity contribution in [1.82, 2.24) is 0 Å². The molecule has 3 nitrogen and oxygen atoms in total. The van der Waals surface area contributed by atoms with Crippen molar-refractivity contribution in [2.24, 2.45) is 7.05 Å². The van der Waals surface area contributed by atoms with E-state index >= 15 is 0 Å². The normalized spacial score (nSPS) is 11.9. The second kappa shape index (κ2) is 8.43. The molecule has 0 aliphatic rings. The third-order valence-electron chi connectivity index (χ3n) is 7.41. The zero-order valence-electron chi connectivity index (χ0n) is 21.9. The maximum atomic E-state index is 10.5. The molecule has 0 atom stereocenters. The fourth-order valence-electron chi connectivity index (χ4n) is 5.50. The van der Waals surface area contributed by atoms with E-state index in [0.29, 0.717) is 0 Å². The van der Waals surface area contributed by atoms with Gasteiger partial charge in [0.15, 0.2) is 6.20 Å². The molecular formula is C33H29N2OSi+. The summed E-state index contributed by atoms with van der Waals surface area (Å²) >= 11 is 0. The summed E-state index contributed by atoms with van der Waals surface area (Å²) in [5, 5.41) is 16.2. The predicted octanol–water partition coefficient (Wildman–Crippen LogP) is 7.62. The quantitative estimate of drug-likeness (QED) is 0.186. The molecule has 37 heavy (non-hydrogen) atoms. The van der Waals surface area contributed by atoms with Gasteiger partial charge < -0.3 is 4.42 Å². The van der Waals surface area contributed by atoms with Crippen molar-refractivity contribution in [3.05, 3.63) is 96.2 Å². The van der Waals surface area contributed by atoms with Crippen LogP contribution in [0.2, 0.25) is 19.6 Å². The summed E-state index contributed by atoms with van der Waals surface area (Å²) in [6.45, 7) is 9.05. The van der Waals surface area contributed by atoms with Crippen molar-refractivity contribution >= 4 is 46.0 Å². The topological polar surface area (TPSA) is 40.8 Å². The van der Waals surface area contributed by atoms with Crippen molar-refractivity contribution in [2.75, 3.05) is 0 Å². The van der Waals surface area contributed by atoms with Gasteiger partial charge >= 0.3 is 0 Å². The van der Waals surface area contributed by atoms with Gasteiger partial charge in [0.2, 0.25) is 5.69 Å². The molecule has 0 unspecified atom stereocenters. The third-order valence-corrected chi connectivity index (χ3v) is 9.42. The van der Waals surface area contributed by atoms with E-state index in [1.165, 1.54) is 10.6 Å². The molecule has 4 heteroatoms. The smallest absolute Gasteiger partial charge is 0.216 e. The SMILES string of the molecule is Cc1ccc2c(oc3c(-c4ccc5ccccc5c4)c(C#N)c([Si](C)(C)C)cc32)c1-c1cccc[n+]1C.